The number of nitrogens with one attached hydrogen (secondary N) is 2. The van der Waals surface area contributed by atoms with Gasteiger partial charge in [-0.15, -0.1) is 0 Å². The van der Waals surface area contributed by atoms with Crippen LogP contribution in [-0.2, 0) is 0 Å². The fourth-order valence-electron chi connectivity index (χ4n) is 1.75. The molecule has 12 heteroatoms. The predicted octanol–water partition coefficient (Wildman–Crippen LogP) is -0.142. The Balaban J connectivity index is 0.000000181. The molecule has 0 unspecified atom stereocenters. The first-order valence-corrected chi connectivity index (χ1v) is 8.00. The fourth-order valence-corrected chi connectivity index (χ4v) is 1.75. The zero-order valence-corrected chi connectivity index (χ0v) is 14.1. The summed E-state index contributed by atoms with van der Waals surface area (Å²) in [7, 11) is 0. The molecule has 0 atom stereocenters. The Hall–Kier alpha value is -3.18. The maximum absolute atomic E-state index is 5.38. The molecule has 1 aliphatic carbocycles. The number of hydrogen-bond acceptors (Lipinski definition) is 12. The maximum Gasteiger partial charge on any atom is 0.229 e. The highest BCUT2D eigenvalue weighted by atomic mass is 15.2. The van der Waals surface area contributed by atoms with Crippen LogP contribution in [0.3, 0.4) is 0 Å². The number of nitrogens with zero attached hydrogens (tertiary/aromatic N) is 6. The van der Waals surface area contributed by atoms with Gasteiger partial charge in [-0.05, 0) is 19.3 Å². The lowest BCUT2D eigenvalue weighted by molar-refractivity contribution is 0.825. The second kappa shape index (κ2) is 8.61. The quantitative estimate of drug-likeness (QED) is 0.377. The lowest BCUT2D eigenvalue weighted by atomic mass is 10.3. The minimum atomic E-state index is 0.145. The molecule has 3 rings (SSSR count). The SMILES string of the molecule is CCCCNc1nc(N)nc(N)n1.Nc1nc(N)nc(NC2CC2)n1. The van der Waals surface area contributed by atoms with Crippen molar-refractivity contribution in [2.75, 3.05) is 40.1 Å². The van der Waals surface area contributed by atoms with Crippen LogP contribution >= 0.6 is 0 Å². The van der Waals surface area contributed by atoms with Gasteiger partial charge in [-0.2, -0.15) is 29.9 Å². The number of rotatable bonds is 6. The summed E-state index contributed by atoms with van der Waals surface area (Å²) in [6.45, 7) is 2.93. The van der Waals surface area contributed by atoms with Gasteiger partial charge in [0, 0.05) is 12.6 Å². The van der Waals surface area contributed by atoms with Crippen molar-refractivity contribution in [3.63, 3.8) is 0 Å². The monoisotopic (exact) mass is 348 g/mol. The van der Waals surface area contributed by atoms with Crippen molar-refractivity contribution in [3.05, 3.63) is 0 Å². The molecule has 2 heterocycles. The van der Waals surface area contributed by atoms with E-state index in [-0.39, 0.29) is 23.8 Å². The van der Waals surface area contributed by atoms with E-state index < -0.39 is 0 Å². The highest BCUT2D eigenvalue weighted by Gasteiger charge is 2.22. The maximum atomic E-state index is 5.38. The lowest BCUT2D eigenvalue weighted by Crippen LogP contribution is -2.10. The molecule has 0 spiro atoms. The van der Waals surface area contributed by atoms with E-state index in [0.29, 0.717) is 17.9 Å². The van der Waals surface area contributed by atoms with E-state index in [0.717, 1.165) is 32.2 Å². The van der Waals surface area contributed by atoms with Crippen molar-refractivity contribution < 1.29 is 0 Å². The molecule has 0 radical (unpaired) electrons. The van der Waals surface area contributed by atoms with Crippen LogP contribution in [0.5, 0.6) is 0 Å². The zero-order valence-electron chi connectivity index (χ0n) is 14.1. The summed E-state index contributed by atoms with van der Waals surface area (Å²) in [6, 6.07) is 0.492. The first-order valence-electron chi connectivity index (χ1n) is 8.00. The number of nitrogens with two attached hydrogens (primary N) is 4. The van der Waals surface area contributed by atoms with Gasteiger partial charge < -0.3 is 33.6 Å². The molecule has 0 aromatic carbocycles. The van der Waals surface area contributed by atoms with Crippen LogP contribution < -0.4 is 33.6 Å². The summed E-state index contributed by atoms with van der Waals surface area (Å²) < 4.78 is 0. The normalized spacial score (nSPS) is 12.8. The standard InChI is InChI=1S/C7H14N6.C6H10N6/c1-2-3-4-10-7-12-5(8)11-6(9)13-7;7-4-10-5(8)12-6(11-4)9-3-1-2-3/h2-4H2,1H3,(H5,8,9,10,11,12,13);3H,1-2H2,(H5,7,8,9,10,11,12). The molecule has 10 N–H and O–H groups in total. The Kier molecular flexibility index (Phi) is 6.26. The number of anilines is 6. The van der Waals surface area contributed by atoms with Crippen LogP contribution in [0, 0.1) is 0 Å². The predicted molar refractivity (Wildman–Crippen MR) is 97.3 cm³/mol. The average molecular weight is 348 g/mol. The highest BCUT2D eigenvalue weighted by Crippen LogP contribution is 2.22. The van der Waals surface area contributed by atoms with Crippen molar-refractivity contribution >= 4 is 35.7 Å². The van der Waals surface area contributed by atoms with E-state index >= 15 is 0 Å². The third-order valence-corrected chi connectivity index (χ3v) is 3.06. The number of aromatic nitrogens is 6. The molecule has 2 aromatic rings. The van der Waals surface area contributed by atoms with E-state index in [2.05, 4.69) is 47.5 Å². The number of hydrogen-bond donors (Lipinski definition) is 6. The van der Waals surface area contributed by atoms with Gasteiger partial charge in [-0.1, -0.05) is 13.3 Å². The van der Waals surface area contributed by atoms with Crippen LogP contribution in [0.25, 0.3) is 0 Å². The van der Waals surface area contributed by atoms with Crippen LogP contribution in [-0.4, -0.2) is 42.5 Å². The van der Waals surface area contributed by atoms with Crippen molar-refractivity contribution in [1.82, 2.24) is 29.9 Å². The first-order chi connectivity index (χ1) is 12.0. The van der Waals surface area contributed by atoms with Crippen LogP contribution in [0.1, 0.15) is 32.6 Å². The molecule has 1 fully saturated rings. The Labute approximate surface area is 145 Å². The summed E-state index contributed by atoms with van der Waals surface area (Å²) in [5.74, 6) is 1.52. The van der Waals surface area contributed by atoms with Crippen molar-refractivity contribution in [2.24, 2.45) is 0 Å². The van der Waals surface area contributed by atoms with Crippen molar-refractivity contribution in [1.29, 1.82) is 0 Å². The van der Waals surface area contributed by atoms with Crippen LogP contribution in [0.15, 0.2) is 0 Å². The zero-order chi connectivity index (χ0) is 18.2. The van der Waals surface area contributed by atoms with E-state index in [4.69, 9.17) is 22.9 Å². The highest BCUT2D eigenvalue weighted by molar-refractivity contribution is 5.38. The minimum absolute atomic E-state index is 0.145. The molecule has 0 bridgehead atoms. The molecular formula is C13H24N12. The van der Waals surface area contributed by atoms with Gasteiger partial charge in [0.05, 0.1) is 0 Å². The second-order valence-corrected chi connectivity index (χ2v) is 5.45. The second-order valence-electron chi connectivity index (χ2n) is 5.45. The molecule has 0 aliphatic heterocycles. The number of nitrogen functional groups attached to an aromatic ring is 4. The molecular weight excluding hydrogens is 324 g/mol. The van der Waals surface area contributed by atoms with Gasteiger partial charge >= 0.3 is 0 Å². The Bertz CT molecular complexity index is 646. The van der Waals surface area contributed by atoms with Crippen molar-refractivity contribution in [2.45, 2.75) is 38.6 Å². The van der Waals surface area contributed by atoms with Gasteiger partial charge in [0.1, 0.15) is 0 Å². The van der Waals surface area contributed by atoms with Gasteiger partial charge in [-0.25, -0.2) is 0 Å². The molecule has 0 saturated heterocycles. The first kappa shape index (κ1) is 18.2. The lowest BCUT2D eigenvalue weighted by Gasteiger charge is -2.03. The van der Waals surface area contributed by atoms with Gasteiger partial charge in [0.25, 0.3) is 0 Å². The summed E-state index contributed by atoms with van der Waals surface area (Å²) in [4.78, 5) is 22.8. The molecule has 25 heavy (non-hydrogen) atoms. The molecule has 2 aromatic heterocycles. The molecule has 0 amide bonds. The summed E-state index contributed by atoms with van der Waals surface area (Å²) in [5.41, 5.74) is 21.5. The Morgan fingerprint density at radius 2 is 1.28 bits per heavy atom. The summed E-state index contributed by atoms with van der Waals surface area (Å²) in [6.07, 6.45) is 4.49. The molecule has 1 saturated carbocycles. The number of unbranched alkanes of at least 4 members (excludes halogenated alkanes) is 1. The third-order valence-electron chi connectivity index (χ3n) is 3.06. The van der Waals surface area contributed by atoms with Gasteiger partial charge in [-0.3, -0.25) is 0 Å². The average Bonchev–Trinajstić information content (AvgIpc) is 3.30. The molecule has 136 valence electrons. The van der Waals surface area contributed by atoms with E-state index in [1.54, 1.807) is 0 Å². The third kappa shape index (κ3) is 6.85. The molecule has 1 aliphatic rings. The summed E-state index contributed by atoms with van der Waals surface area (Å²) in [5, 5.41) is 6.08. The van der Waals surface area contributed by atoms with E-state index in [1.165, 1.54) is 0 Å². The van der Waals surface area contributed by atoms with Gasteiger partial charge in [0.2, 0.25) is 35.7 Å². The molecule has 12 nitrogen and oxygen atoms in total. The smallest absolute Gasteiger partial charge is 0.229 e. The van der Waals surface area contributed by atoms with Crippen LogP contribution in [0.2, 0.25) is 0 Å². The Morgan fingerprint density at radius 1 is 0.800 bits per heavy atom. The topological polar surface area (TPSA) is 205 Å². The van der Waals surface area contributed by atoms with Gasteiger partial charge in [0.15, 0.2) is 0 Å². The Morgan fingerprint density at radius 3 is 1.72 bits per heavy atom. The van der Waals surface area contributed by atoms with E-state index in [1.807, 2.05) is 0 Å². The van der Waals surface area contributed by atoms with Crippen molar-refractivity contribution in [3.8, 4) is 0 Å². The van der Waals surface area contributed by atoms with Crippen LogP contribution in [0.4, 0.5) is 35.7 Å². The van der Waals surface area contributed by atoms with E-state index in [9.17, 15) is 0 Å². The largest absolute Gasteiger partial charge is 0.368 e. The summed E-state index contributed by atoms with van der Waals surface area (Å²) >= 11 is 0. The fraction of sp³-hybridized carbons (Fsp3) is 0.538. The minimum Gasteiger partial charge on any atom is -0.368 e.